The highest BCUT2D eigenvalue weighted by molar-refractivity contribution is 5.19. The standard InChI is InChI=1S/C10H14O2.3C2H6/c11-7-6-10(8-12)9-4-2-1-3-5-9;3*1-2/h1-5,10-12H,6-8H2;3*1-2H3/t10-;;;/m1.../s1. The molecule has 0 saturated carbocycles. The molecule has 0 heterocycles. The second-order valence-corrected chi connectivity index (χ2v) is 2.80. The fraction of sp³-hybridized carbons (Fsp3) is 0.625. The molecule has 18 heavy (non-hydrogen) atoms. The number of rotatable bonds is 4. The molecule has 0 aliphatic rings. The summed E-state index contributed by atoms with van der Waals surface area (Å²) in [5.74, 6) is 0.0798. The third kappa shape index (κ3) is 11.6. The molecule has 2 nitrogen and oxygen atoms in total. The van der Waals surface area contributed by atoms with Crippen molar-refractivity contribution < 1.29 is 10.2 Å². The highest BCUT2D eigenvalue weighted by Gasteiger charge is 2.07. The van der Waals surface area contributed by atoms with Crippen LogP contribution in [-0.2, 0) is 0 Å². The maximum Gasteiger partial charge on any atom is 0.0500 e. The van der Waals surface area contributed by atoms with Gasteiger partial charge in [-0.1, -0.05) is 71.9 Å². The Morgan fingerprint density at radius 3 is 1.61 bits per heavy atom. The van der Waals surface area contributed by atoms with Crippen LogP contribution >= 0.6 is 0 Å². The summed E-state index contributed by atoms with van der Waals surface area (Å²) >= 11 is 0. The van der Waals surface area contributed by atoms with Gasteiger partial charge in [-0.3, -0.25) is 0 Å². The van der Waals surface area contributed by atoms with Crippen LogP contribution < -0.4 is 0 Å². The van der Waals surface area contributed by atoms with Crippen LogP contribution in [0.15, 0.2) is 30.3 Å². The van der Waals surface area contributed by atoms with Gasteiger partial charge in [-0.15, -0.1) is 0 Å². The summed E-state index contributed by atoms with van der Waals surface area (Å²) in [7, 11) is 0. The zero-order chi connectivity index (χ0) is 14.8. The van der Waals surface area contributed by atoms with E-state index in [1.807, 2.05) is 71.9 Å². The molecule has 1 atom stereocenters. The minimum absolute atomic E-state index is 0.0798. The minimum Gasteiger partial charge on any atom is -0.396 e. The number of aliphatic hydroxyl groups is 2. The lowest BCUT2D eigenvalue weighted by molar-refractivity contribution is 0.220. The molecule has 0 aromatic heterocycles. The SMILES string of the molecule is CC.CC.CC.OCC[C@H](CO)c1ccccc1. The molecule has 0 aliphatic carbocycles. The summed E-state index contributed by atoms with van der Waals surface area (Å²) in [6.45, 7) is 12.2. The highest BCUT2D eigenvalue weighted by atomic mass is 16.3. The molecule has 108 valence electrons. The van der Waals surface area contributed by atoms with E-state index in [-0.39, 0.29) is 19.1 Å². The molecule has 1 rings (SSSR count). The largest absolute Gasteiger partial charge is 0.396 e. The maximum atomic E-state index is 9.00. The van der Waals surface area contributed by atoms with Crippen molar-refractivity contribution in [3.8, 4) is 0 Å². The molecule has 2 heteroatoms. The summed E-state index contributed by atoms with van der Waals surface area (Å²) in [5, 5.41) is 17.7. The molecule has 0 bridgehead atoms. The third-order valence-electron chi connectivity index (χ3n) is 1.97. The Kier molecular flexibility index (Phi) is 26.6. The van der Waals surface area contributed by atoms with Gasteiger partial charge in [-0.05, 0) is 12.0 Å². The Balaban J connectivity index is -0.000000328. The van der Waals surface area contributed by atoms with Gasteiger partial charge >= 0.3 is 0 Å². The predicted molar refractivity (Wildman–Crippen MR) is 82.0 cm³/mol. The number of hydrogen-bond acceptors (Lipinski definition) is 2. The van der Waals surface area contributed by atoms with Crippen molar-refractivity contribution in [1.82, 2.24) is 0 Å². The average molecular weight is 256 g/mol. The van der Waals surface area contributed by atoms with Crippen LogP contribution in [0, 0.1) is 0 Å². The first-order chi connectivity index (χ1) is 8.88. The Hall–Kier alpha value is -0.860. The number of benzene rings is 1. The fourth-order valence-corrected chi connectivity index (χ4v) is 1.24. The van der Waals surface area contributed by atoms with Crippen molar-refractivity contribution in [3.63, 3.8) is 0 Å². The van der Waals surface area contributed by atoms with Crippen LogP contribution in [0.4, 0.5) is 0 Å². The summed E-state index contributed by atoms with van der Waals surface area (Å²) in [5.41, 5.74) is 1.09. The lowest BCUT2D eigenvalue weighted by Gasteiger charge is -2.12. The van der Waals surface area contributed by atoms with Gasteiger partial charge in [-0.2, -0.15) is 0 Å². The van der Waals surface area contributed by atoms with E-state index in [0.29, 0.717) is 6.42 Å². The van der Waals surface area contributed by atoms with Crippen molar-refractivity contribution in [3.05, 3.63) is 35.9 Å². The first-order valence-corrected chi connectivity index (χ1v) is 7.15. The predicted octanol–water partition coefficient (Wildman–Crippen LogP) is 4.22. The molecule has 0 radical (unpaired) electrons. The van der Waals surface area contributed by atoms with Crippen molar-refractivity contribution >= 4 is 0 Å². The van der Waals surface area contributed by atoms with E-state index in [1.165, 1.54) is 0 Å². The van der Waals surface area contributed by atoms with Crippen molar-refractivity contribution in [2.45, 2.75) is 53.9 Å². The van der Waals surface area contributed by atoms with E-state index in [0.717, 1.165) is 5.56 Å². The second-order valence-electron chi connectivity index (χ2n) is 2.80. The first-order valence-electron chi connectivity index (χ1n) is 7.15. The van der Waals surface area contributed by atoms with Gasteiger partial charge in [-0.25, -0.2) is 0 Å². The Morgan fingerprint density at radius 1 is 0.833 bits per heavy atom. The van der Waals surface area contributed by atoms with E-state index in [4.69, 9.17) is 10.2 Å². The molecule has 1 aromatic carbocycles. The first kappa shape index (κ1) is 22.3. The topological polar surface area (TPSA) is 40.5 Å². The van der Waals surface area contributed by atoms with Gasteiger partial charge in [0, 0.05) is 12.5 Å². The van der Waals surface area contributed by atoms with Crippen molar-refractivity contribution in [2.24, 2.45) is 0 Å². The molecule has 2 N–H and O–H groups in total. The zero-order valence-electron chi connectivity index (χ0n) is 13.0. The minimum atomic E-state index is 0.0798. The van der Waals surface area contributed by atoms with Crippen molar-refractivity contribution in [1.29, 1.82) is 0 Å². The molecule has 0 saturated heterocycles. The van der Waals surface area contributed by atoms with Crippen LogP contribution in [-0.4, -0.2) is 23.4 Å². The summed E-state index contributed by atoms with van der Waals surface area (Å²) in [6, 6.07) is 9.76. The van der Waals surface area contributed by atoms with Crippen LogP contribution in [0.1, 0.15) is 59.4 Å². The maximum absolute atomic E-state index is 9.00. The lowest BCUT2D eigenvalue weighted by atomic mass is 9.97. The average Bonchev–Trinajstić information content (AvgIpc) is 2.52. The van der Waals surface area contributed by atoms with Gasteiger partial charge in [0.1, 0.15) is 0 Å². The van der Waals surface area contributed by atoms with Crippen molar-refractivity contribution in [2.75, 3.05) is 13.2 Å². The highest BCUT2D eigenvalue weighted by Crippen LogP contribution is 2.17. The van der Waals surface area contributed by atoms with Crippen LogP contribution in [0.25, 0.3) is 0 Å². The molecular weight excluding hydrogens is 224 g/mol. The Bertz CT molecular complexity index is 210. The van der Waals surface area contributed by atoms with Crippen LogP contribution in [0.5, 0.6) is 0 Å². The zero-order valence-corrected chi connectivity index (χ0v) is 13.0. The Morgan fingerprint density at radius 2 is 1.28 bits per heavy atom. The summed E-state index contributed by atoms with van der Waals surface area (Å²) in [6.07, 6.45) is 0.626. The van der Waals surface area contributed by atoms with Crippen LogP contribution in [0.2, 0.25) is 0 Å². The summed E-state index contributed by atoms with van der Waals surface area (Å²) in [4.78, 5) is 0. The number of hydrogen-bond donors (Lipinski definition) is 2. The molecule has 0 spiro atoms. The van der Waals surface area contributed by atoms with Gasteiger partial charge in [0.15, 0.2) is 0 Å². The fourth-order valence-electron chi connectivity index (χ4n) is 1.24. The molecular formula is C16H32O2. The number of aliphatic hydroxyl groups excluding tert-OH is 2. The summed E-state index contributed by atoms with van der Waals surface area (Å²) < 4.78 is 0. The quantitative estimate of drug-likeness (QED) is 0.846. The smallest absolute Gasteiger partial charge is 0.0500 e. The van der Waals surface area contributed by atoms with E-state index in [9.17, 15) is 0 Å². The lowest BCUT2D eigenvalue weighted by Crippen LogP contribution is -2.05. The molecule has 0 amide bonds. The Labute approximate surface area is 114 Å². The monoisotopic (exact) mass is 256 g/mol. The van der Waals surface area contributed by atoms with Crippen LogP contribution in [0.3, 0.4) is 0 Å². The van der Waals surface area contributed by atoms with E-state index in [1.54, 1.807) is 0 Å². The normalized spacial score (nSPS) is 9.56. The third-order valence-corrected chi connectivity index (χ3v) is 1.97. The molecule has 0 unspecified atom stereocenters. The van der Waals surface area contributed by atoms with Gasteiger partial charge in [0.05, 0.1) is 6.61 Å². The molecule has 0 aliphatic heterocycles. The van der Waals surface area contributed by atoms with E-state index < -0.39 is 0 Å². The second kappa shape index (κ2) is 21.4. The molecule has 1 aromatic rings. The van der Waals surface area contributed by atoms with Gasteiger partial charge in [0.2, 0.25) is 0 Å². The van der Waals surface area contributed by atoms with E-state index >= 15 is 0 Å². The molecule has 0 fully saturated rings. The van der Waals surface area contributed by atoms with Gasteiger partial charge < -0.3 is 10.2 Å². The van der Waals surface area contributed by atoms with E-state index in [2.05, 4.69) is 0 Å². The van der Waals surface area contributed by atoms with Gasteiger partial charge in [0.25, 0.3) is 0 Å².